The van der Waals surface area contributed by atoms with E-state index >= 15 is 0 Å². The lowest BCUT2D eigenvalue weighted by Crippen LogP contribution is -2.41. The molecule has 0 N–H and O–H groups in total. The van der Waals surface area contributed by atoms with E-state index in [-0.39, 0.29) is 22.4 Å². The molecular formula is C20H29FN2O3S. The Kier molecular flexibility index (Phi) is 6.52. The standard InChI is InChI=1S/C20H29FN2O3S/c1-2-23(17-9-5-3-6-10-17)20(24)16-11-12-18(21)19(15-16)27(25,26)22-13-7-4-8-14-22/h11-12,15,17H,2-10,13-14H2,1H3. The molecule has 1 saturated heterocycles. The number of piperidine rings is 1. The van der Waals surface area contributed by atoms with Crippen LogP contribution in [0.1, 0.15) is 68.6 Å². The van der Waals surface area contributed by atoms with Gasteiger partial charge in [-0.2, -0.15) is 4.31 Å². The van der Waals surface area contributed by atoms with Gasteiger partial charge in [-0.3, -0.25) is 4.79 Å². The maximum atomic E-state index is 14.4. The number of sulfonamides is 1. The second kappa shape index (κ2) is 8.69. The van der Waals surface area contributed by atoms with E-state index in [2.05, 4.69) is 0 Å². The van der Waals surface area contributed by atoms with Gasteiger partial charge in [0.25, 0.3) is 5.91 Å². The van der Waals surface area contributed by atoms with Gasteiger partial charge in [-0.1, -0.05) is 25.7 Å². The number of amides is 1. The van der Waals surface area contributed by atoms with E-state index in [0.29, 0.717) is 19.6 Å². The highest BCUT2D eigenvalue weighted by Gasteiger charge is 2.31. The number of halogens is 1. The van der Waals surface area contributed by atoms with Crippen molar-refractivity contribution in [2.45, 2.75) is 69.2 Å². The number of hydrogen-bond acceptors (Lipinski definition) is 3. The van der Waals surface area contributed by atoms with Gasteiger partial charge in [0, 0.05) is 31.2 Å². The summed E-state index contributed by atoms with van der Waals surface area (Å²) in [5, 5.41) is 0. The van der Waals surface area contributed by atoms with Crippen LogP contribution in [0.4, 0.5) is 4.39 Å². The van der Waals surface area contributed by atoms with Crippen LogP contribution in [0.15, 0.2) is 23.1 Å². The first-order valence-electron chi connectivity index (χ1n) is 10.1. The van der Waals surface area contributed by atoms with Crippen molar-refractivity contribution in [2.24, 2.45) is 0 Å². The summed E-state index contributed by atoms with van der Waals surface area (Å²) in [7, 11) is -3.92. The van der Waals surface area contributed by atoms with Crippen LogP contribution in [0, 0.1) is 5.82 Å². The first-order chi connectivity index (χ1) is 12.9. The molecule has 1 amide bonds. The zero-order valence-corrected chi connectivity index (χ0v) is 16.8. The van der Waals surface area contributed by atoms with Crippen molar-refractivity contribution in [2.75, 3.05) is 19.6 Å². The molecule has 1 saturated carbocycles. The number of carbonyl (C=O) groups excluding carboxylic acids is 1. The Balaban J connectivity index is 1.88. The molecule has 0 bridgehead atoms. The summed E-state index contributed by atoms with van der Waals surface area (Å²) in [6.07, 6.45) is 7.89. The Morgan fingerprint density at radius 1 is 1.11 bits per heavy atom. The highest BCUT2D eigenvalue weighted by Crippen LogP contribution is 2.27. The van der Waals surface area contributed by atoms with E-state index in [4.69, 9.17) is 0 Å². The summed E-state index contributed by atoms with van der Waals surface area (Å²) in [6, 6.07) is 3.92. The first kappa shape index (κ1) is 20.3. The van der Waals surface area contributed by atoms with Gasteiger partial charge in [-0.15, -0.1) is 0 Å². The third-order valence-electron chi connectivity index (χ3n) is 5.73. The highest BCUT2D eigenvalue weighted by atomic mass is 32.2. The molecule has 0 unspecified atom stereocenters. The molecule has 0 spiro atoms. The number of hydrogen-bond donors (Lipinski definition) is 0. The third-order valence-corrected chi connectivity index (χ3v) is 7.64. The van der Waals surface area contributed by atoms with Gasteiger partial charge in [-0.05, 0) is 50.8 Å². The monoisotopic (exact) mass is 396 g/mol. The predicted molar refractivity (Wildman–Crippen MR) is 103 cm³/mol. The van der Waals surface area contributed by atoms with Crippen molar-refractivity contribution in [3.63, 3.8) is 0 Å². The van der Waals surface area contributed by atoms with Gasteiger partial charge in [0.2, 0.25) is 10.0 Å². The molecule has 1 aliphatic carbocycles. The molecule has 1 aliphatic heterocycles. The van der Waals surface area contributed by atoms with Crippen LogP contribution in [-0.4, -0.2) is 49.2 Å². The quantitative estimate of drug-likeness (QED) is 0.761. The van der Waals surface area contributed by atoms with E-state index < -0.39 is 15.8 Å². The molecule has 2 aliphatic rings. The Morgan fingerprint density at radius 2 is 1.74 bits per heavy atom. The summed E-state index contributed by atoms with van der Waals surface area (Å²) in [5.74, 6) is -1.00. The number of benzene rings is 1. The summed E-state index contributed by atoms with van der Waals surface area (Å²) in [4.78, 5) is 14.5. The summed E-state index contributed by atoms with van der Waals surface area (Å²) in [5.41, 5.74) is 0.249. The molecule has 150 valence electrons. The van der Waals surface area contributed by atoms with Gasteiger partial charge in [0.15, 0.2) is 0 Å². The Morgan fingerprint density at radius 3 is 2.37 bits per heavy atom. The maximum Gasteiger partial charge on any atom is 0.254 e. The smallest absolute Gasteiger partial charge is 0.254 e. The van der Waals surface area contributed by atoms with Crippen LogP contribution in [0.3, 0.4) is 0 Å². The maximum absolute atomic E-state index is 14.4. The van der Waals surface area contributed by atoms with E-state index in [1.54, 1.807) is 0 Å². The average Bonchev–Trinajstić information content (AvgIpc) is 2.70. The number of nitrogens with zero attached hydrogens (tertiary/aromatic N) is 2. The van der Waals surface area contributed by atoms with Crippen LogP contribution in [-0.2, 0) is 10.0 Å². The Hall–Kier alpha value is -1.47. The Labute approximate surface area is 161 Å². The van der Waals surface area contributed by atoms with E-state index in [0.717, 1.165) is 51.0 Å². The van der Waals surface area contributed by atoms with E-state index in [1.165, 1.54) is 22.9 Å². The molecule has 27 heavy (non-hydrogen) atoms. The molecule has 3 rings (SSSR count). The highest BCUT2D eigenvalue weighted by molar-refractivity contribution is 7.89. The fourth-order valence-corrected chi connectivity index (χ4v) is 5.81. The summed E-state index contributed by atoms with van der Waals surface area (Å²) < 4.78 is 41.5. The molecule has 7 heteroatoms. The lowest BCUT2D eigenvalue weighted by Gasteiger charge is -2.33. The second-order valence-electron chi connectivity index (χ2n) is 7.49. The second-order valence-corrected chi connectivity index (χ2v) is 9.40. The van der Waals surface area contributed by atoms with Gasteiger partial charge in [0.05, 0.1) is 0 Å². The van der Waals surface area contributed by atoms with Crippen LogP contribution in [0.2, 0.25) is 0 Å². The fourth-order valence-electron chi connectivity index (χ4n) is 4.20. The van der Waals surface area contributed by atoms with Crippen molar-refractivity contribution in [1.82, 2.24) is 9.21 Å². The molecule has 0 atom stereocenters. The van der Waals surface area contributed by atoms with E-state index in [9.17, 15) is 17.6 Å². The minimum Gasteiger partial charge on any atom is -0.336 e. The molecule has 5 nitrogen and oxygen atoms in total. The van der Waals surface area contributed by atoms with E-state index in [1.807, 2.05) is 11.8 Å². The van der Waals surface area contributed by atoms with Crippen molar-refractivity contribution in [3.05, 3.63) is 29.6 Å². The lowest BCUT2D eigenvalue weighted by molar-refractivity contribution is 0.0647. The summed E-state index contributed by atoms with van der Waals surface area (Å²) in [6.45, 7) is 3.31. The SMILES string of the molecule is CCN(C(=O)c1ccc(F)c(S(=O)(=O)N2CCCCC2)c1)C1CCCCC1. The van der Waals surface area contributed by atoms with Crippen LogP contribution in [0.5, 0.6) is 0 Å². The lowest BCUT2D eigenvalue weighted by atomic mass is 9.93. The predicted octanol–water partition coefficient (Wildman–Crippen LogP) is 3.80. The fraction of sp³-hybridized carbons (Fsp3) is 0.650. The number of rotatable bonds is 5. The molecule has 0 aromatic heterocycles. The molecule has 1 heterocycles. The van der Waals surface area contributed by atoms with Crippen molar-refractivity contribution >= 4 is 15.9 Å². The van der Waals surface area contributed by atoms with Crippen molar-refractivity contribution in [1.29, 1.82) is 0 Å². The van der Waals surface area contributed by atoms with Gasteiger partial charge in [0.1, 0.15) is 10.7 Å². The molecule has 0 radical (unpaired) electrons. The van der Waals surface area contributed by atoms with Crippen molar-refractivity contribution in [3.8, 4) is 0 Å². The zero-order valence-electron chi connectivity index (χ0n) is 16.0. The minimum atomic E-state index is -3.92. The molecule has 2 fully saturated rings. The topological polar surface area (TPSA) is 57.7 Å². The zero-order chi connectivity index (χ0) is 19.4. The van der Waals surface area contributed by atoms with Gasteiger partial charge < -0.3 is 4.90 Å². The summed E-state index contributed by atoms with van der Waals surface area (Å²) >= 11 is 0. The minimum absolute atomic E-state index is 0.184. The Bertz CT molecular complexity index is 769. The van der Waals surface area contributed by atoms with Crippen LogP contribution in [0.25, 0.3) is 0 Å². The number of carbonyl (C=O) groups is 1. The van der Waals surface area contributed by atoms with Crippen LogP contribution < -0.4 is 0 Å². The largest absolute Gasteiger partial charge is 0.336 e. The van der Waals surface area contributed by atoms with Crippen molar-refractivity contribution < 1.29 is 17.6 Å². The van der Waals surface area contributed by atoms with Crippen LogP contribution >= 0.6 is 0 Å². The average molecular weight is 397 g/mol. The van der Waals surface area contributed by atoms with Gasteiger partial charge >= 0.3 is 0 Å². The molecule has 1 aromatic rings. The molecule has 1 aromatic carbocycles. The van der Waals surface area contributed by atoms with Gasteiger partial charge in [-0.25, -0.2) is 12.8 Å². The normalized spacial score (nSPS) is 19.8. The third kappa shape index (κ3) is 4.35. The molecular weight excluding hydrogens is 367 g/mol. The first-order valence-corrected chi connectivity index (χ1v) is 11.5.